The molecule has 0 aliphatic carbocycles. The van der Waals surface area contributed by atoms with Crippen molar-refractivity contribution in [2.45, 2.75) is 31.8 Å². The van der Waals surface area contributed by atoms with Crippen molar-refractivity contribution in [2.75, 3.05) is 20.4 Å². The Morgan fingerprint density at radius 3 is 2.83 bits per heavy atom. The smallest absolute Gasteiger partial charge is 0.406 e. The van der Waals surface area contributed by atoms with Gasteiger partial charge in [0.1, 0.15) is 0 Å². The molecule has 0 aromatic heterocycles. The Balaban J connectivity index is 1.75. The molecule has 24 heavy (non-hydrogen) atoms. The molecule has 2 unspecified atom stereocenters. The molecule has 132 valence electrons. The van der Waals surface area contributed by atoms with Crippen molar-refractivity contribution in [2.24, 2.45) is 5.73 Å². The zero-order valence-electron chi connectivity index (χ0n) is 13.8. The molecule has 1 aliphatic rings. The molecule has 0 bridgehead atoms. The van der Waals surface area contributed by atoms with Crippen molar-refractivity contribution in [3.8, 4) is 11.5 Å². The zero-order valence-corrected chi connectivity index (χ0v) is 13.8. The Hall–Kier alpha value is -2.48. The SMILES string of the molecule is COC(=O)NCCC(N)C(=O)NC(C)Cc1ccc2c(c1)OCO2. The minimum Gasteiger partial charge on any atom is -0.454 e. The van der Waals surface area contributed by atoms with Gasteiger partial charge in [0.25, 0.3) is 0 Å². The number of benzene rings is 1. The van der Waals surface area contributed by atoms with Gasteiger partial charge in [0.15, 0.2) is 11.5 Å². The Morgan fingerprint density at radius 1 is 1.33 bits per heavy atom. The molecule has 4 N–H and O–H groups in total. The fourth-order valence-corrected chi connectivity index (χ4v) is 2.36. The summed E-state index contributed by atoms with van der Waals surface area (Å²) in [4.78, 5) is 23.0. The van der Waals surface area contributed by atoms with Gasteiger partial charge in [-0.2, -0.15) is 0 Å². The molecule has 0 radical (unpaired) electrons. The molecule has 8 heteroatoms. The monoisotopic (exact) mass is 337 g/mol. The zero-order chi connectivity index (χ0) is 17.5. The average molecular weight is 337 g/mol. The first kappa shape index (κ1) is 17.9. The molecule has 0 saturated heterocycles. The van der Waals surface area contributed by atoms with Crippen LogP contribution in [0, 0.1) is 0 Å². The topological polar surface area (TPSA) is 112 Å². The number of rotatable bonds is 7. The van der Waals surface area contributed by atoms with E-state index in [2.05, 4.69) is 15.4 Å². The van der Waals surface area contributed by atoms with Crippen LogP contribution in [0.2, 0.25) is 0 Å². The van der Waals surface area contributed by atoms with Crippen molar-refractivity contribution < 1.29 is 23.8 Å². The van der Waals surface area contributed by atoms with Gasteiger partial charge in [-0.1, -0.05) is 6.07 Å². The van der Waals surface area contributed by atoms with E-state index in [0.29, 0.717) is 12.8 Å². The van der Waals surface area contributed by atoms with Crippen molar-refractivity contribution in [3.05, 3.63) is 23.8 Å². The van der Waals surface area contributed by atoms with Crippen LogP contribution in [0.25, 0.3) is 0 Å². The maximum absolute atomic E-state index is 12.1. The standard InChI is InChI=1S/C16H23N3O5/c1-10(7-11-3-4-13-14(8-11)24-9-23-13)19-15(20)12(17)5-6-18-16(21)22-2/h3-4,8,10,12H,5-7,9,17H2,1-2H3,(H,18,21)(H,19,20). The Morgan fingerprint density at radius 2 is 2.08 bits per heavy atom. The van der Waals surface area contributed by atoms with Gasteiger partial charge in [-0.25, -0.2) is 4.79 Å². The highest BCUT2D eigenvalue weighted by Crippen LogP contribution is 2.32. The summed E-state index contributed by atoms with van der Waals surface area (Å²) in [6.07, 6.45) is 0.437. The molecule has 0 spiro atoms. The summed E-state index contributed by atoms with van der Waals surface area (Å²) in [5.74, 6) is 1.20. The third-order valence-electron chi connectivity index (χ3n) is 3.61. The van der Waals surface area contributed by atoms with E-state index < -0.39 is 12.1 Å². The predicted octanol–water partition coefficient (Wildman–Crippen LogP) is 0.536. The van der Waals surface area contributed by atoms with E-state index >= 15 is 0 Å². The number of ether oxygens (including phenoxy) is 3. The van der Waals surface area contributed by atoms with E-state index in [9.17, 15) is 9.59 Å². The highest BCUT2D eigenvalue weighted by atomic mass is 16.7. The summed E-state index contributed by atoms with van der Waals surface area (Å²) >= 11 is 0. The summed E-state index contributed by atoms with van der Waals surface area (Å²) < 4.78 is 15.1. The molecule has 0 fully saturated rings. The summed E-state index contributed by atoms with van der Waals surface area (Å²) in [7, 11) is 1.28. The quantitative estimate of drug-likeness (QED) is 0.669. The molecule has 2 amide bonds. The van der Waals surface area contributed by atoms with Crippen LogP contribution in [0.15, 0.2) is 18.2 Å². The van der Waals surface area contributed by atoms with Gasteiger partial charge in [0.2, 0.25) is 12.7 Å². The van der Waals surface area contributed by atoms with Gasteiger partial charge in [0, 0.05) is 12.6 Å². The van der Waals surface area contributed by atoms with Gasteiger partial charge in [-0.3, -0.25) is 4.79 Å². The van der Waals surface area contributed by atoms with Crippen LogP contribution in [0.3, 0.4) is 0 Å². The first-order valence-corrected chi connectivity index (χ1v) is 7.76. The molecule has 8 nitrogen and oxygen atoms in total. The summed E-state index contributed by atoms with van der Waals surface area (Å²) in [6.45, 7) is 2.42. The van der Waals surface area contributed by atoms with Crippen molar-refractivity contribution in [1.29, 1.82) is 0 Å². The minimum atomic E-state index is -0.693. The molecule has 1 aromatic rings. The van der Waals surface area contributed by atoms with Crippen LogP contribution in [-0.2, 0) is 16.0 Å². The van der Waals surface area contributed by atoms with Crippen LogP contribution in [0.5, 0.6) is 11.5 Å². The Kier molecular flexibility index (Phi) is 6.25. The maximum atomic E-state index is 12.1. The number of hydrogen-bond donors (Lipinski definition) is 3. The van der Waals surface area contributed by atoms with E-state index in [-0.39, 0.29) is 25.3 Å². The largest absolute Gasteiger partial charge is 0.454 e. The first-order valence-electron chi connectivity index (χ1n) is 7.76. The molecule has 1 heterocycles. The number of nitrogens with two attached hydrogens (primary N) is 1. The lowest BCUT2D eigenvalue weighted by Crippen LogP contribution is -2.46. The second-order valence-corrected chi connectivity index (χ2v) is 5.61. The summed E-state index contributed by atoms with van der Waals surface area (Å²) in [6, 6.07) is 4.93. The number of alkyl carbamates (subject to hydrolysis) is 1. The van der Waals surface area contributed by atoms with Gasteiger partial charge in [-0.15, -0.1) is 0 Å². The van der Waals surface area contributed by atoms with Crippen LogP contribution in [-0.4, -0.2) is 44.5 Å². The highest BCUT2D eigenvalue weighted by Gasteiger charge is 2.18. The summed E-state index contributed by atoms with van der Waals surface area (Å²) in [5, 5.41) is 5.36. The third-order valence-corrected chi connectivity index (χ3v) is 3.61. The number of carbonyl (C=O) groups is 2. The summed E-state index contributed by atoms with van der Waals surface area (Å²) in [5.41, 5.74) is 6.85. The number of fused-ring (bicyclic) bond motifs is 1. The van der Waals surface area contributed by atoms with Crippen molar-refractivity contribution in [1.82, 2.24) is 10.6 Å². The highest BCUT2D eigenvalue weighted by molar-refractivity contribution is 5.81. The molecule has 2 atom stereocenters. The number of methoxy groups -OCH3 is 1. The van der Waals surface area contributed by atoms with Gasteiger partial charge >= 0.3 is 6.09 Å². The van der Waals surface area contributed by atoms with Crippen LogP contribution in [0.1, 0.15) is 18.9 Å². The number of amides is 2. The van der Waals surface area contributed by atoms with E-state index in [4.69, 9.17) is 15.2 Å². The van der Waals surface area contributed by atoms with E-state index in [1.807, 2.05) is 25.1 Å². The predicted molar refractivity (Wildman–Crippen MR) is 86.9 cm³/mol. The van der Waals surface area contributed by atoms with Gasteiger partial charge in [0.05, 0.1) is 13.2 Å². The van der Waals surface area contributed by atoms with E-state index in [1.54, 1.807) is 0 Å². The normalized spacial score (nSPS) is 14.6. The Labute approximate surface area is 140 Å². The van der Waals surface area contributed by atoms with Gasteiger partial charge < -0.3 is 30.6 Å². The van der Waals surface area contributed by atoms with Crippen LogP contribution < -0.4 is 25.8 Å². The van der Waals surface area contributed by atoms with E-state index in [1.165, 1.54) is 7.11 Å². The van der Waals surface area contributed by atoms with Crippen molar-refractivity contribution in [3.63, 3.8) is 0 Å². The second-order valence-electron chi connectivity index (χ2n) is 5.61. The third kappa shape index (κ3) is 5.02. The van der Waals surface area contributed by atoms with Gasteiger partial charge in [-0.05, 0) is 37.5 Å². The molecule has 1 aliphatic heterocycles. The molecular weight excluding hydrogens is 314 g/mol. The number of nitrogens with one attached hydrogen (secondary N) is 2. The van der Waals surface area contributed by atoms with E-state index in [0.717, 1.165) is 17.1 Å². The second kappa shape index (κ2) is 8.39. The lowest BCUT2D eigenvalue weighted by atomic mass is 10.1. The minimum absolute atomic E-state index is 0.0857. The fraction of sp³-hybridized carbons (Fsp3) is 0.500. The average Bonchev–Trinajstić information content (AvgIpc) is 3.01. The number of carbonyl (C=O) groups excluding carboxylic acids is 2. The lowest BCUT2D eigenvalue weighted by Gasteiger charge is -2.18. The van der Waals surface area contributed by atoms with Crippen molar-refractivity contribution >= 4 is 12.0 Å². The Bertz CT molecular complexity index is 593. The molecule has 1 aromatic carbocycles. The number of hydrogen-bond acceptors (Lipinski definition) is 6. The molecular formula is C16H23N3O5. The fourth-order valence-electron chi connectivity index (χ4n) is 2.36. The molecule has 0 saturated carbocycles. The first-order chi connectivity index (χ1) is 11.5. The van der Waals surface area contributed by atoms with Crippen LogP contribution >= 0.6 is 0 Å². The maximum Gasteiger partial charge on any atom is 0.406 e. The molecule has 2 rings (SSSR count). The lowest BCUT2D eigenvalue weighted by molar-refractivity contribution is -0.123. The van der Waals surface area contributed by atoms with Crippen LogP contribution in [0.4, 0.5) is 4.79 Å².